The summed E-state index contributed by atoms with van der Waals surface area (Å²) in [6.07, 6.45) is 5.82. The first-order chi connectivity index (χ1) is 17.0. The van der Waals surface area contributed by atoms with Gasteiger partial charge in [0, 0.05) is 35.8 Å². The van der Waals surface area contributed by atoms with E-state index in [0.29, 0.717) is 24.5 Å². The van der Waals surface area contributed by atoms with Crippen LogP contribution in [0.15, 0.2) is 64.3 Å². The molecule has 0 saturated carbocycles. The van der Waals surface area contributed by atoms with Crippen LogP contribution in [0, 0.1) is 18.6 Å². The molecule has 0 radical (unpaired) electrons. The molecule has 2 heterocycles. The smallest absolute Gasteiger partial charge is 0.336 e. The molecule has 2 aromatic carbocycles. The Kier molecular flexibility index (Phi) is 8.20. The van der Waals surface area contributed by atoms with Crippen molar-refractivity contribution in [2.24, 2.45) is 0 Å². The number of rotatable bonds is 12. The summed E-state index contributed by atoms with van der Waals surface area (Å²) in [5.74, 6) is -0.612. The van der Waals surface area contributed by atoms with Crippen molar-refractivity contribution in [2.45, 2.75) is 45.3 Å². The van der Waals surface area contributed by atoms with Crippen molar-refractivity contribution in [1.82, 2.24) is 14.8 Å². The zero-order valence-corrected chi connectivity index (χ0v) is 19.5. The van der Waals surface area contributed by atoms with E-state index in [4.69, 9.17) is 13.9 Å². The summed E-state index contributed by atoms with van der Waals surface area (Å²) in [5, 5.41) is 4.94. The molecule has 0 spiro atoms. The molecule has 7 nitrogen and oxygen atoms in total. The molecular formula is C26H27F2N3O4. The van der Waals surface area contributed by atoms with E-state index in [-0.39, 0.29) is 17.7 Å². The van der Waals surface area contributed by atoms with Crippen LogP contribution in [0.3, 0.4) is 0 Å². The number of halogens is 2. The van der Waals surface area contributed by atoms with Gasteiger partial charge in [-0.2, -0.15) is 5.10 Å². The Hall–Kier alpha value is -3.59. The molecule has 0 aliphatic carbocycles. The van der Waals surface area contributed by atoms with Crippen LogP contribution >= 0.6 is 0 Å². The largest absolute Gasteiger partial charge is 0.493 e. The van der Waals surface area contributed by atoms with Gasteiger partial charge in [-0.05, 0) is 49.9 Å². The van der Waals surface area contributed by atoms with Crippen LogP contribution in [0.4, 0.5) is 8.78 Å². The third kappa shape index (κ3) is 6.73. The molecule has 2 aromatic heterocycles. The Labute approximate surface area is 201 Å². The molecule has 0 aliphatic rings. The fourth-order valence-corrected chi connectivity index (χ4v) is 3.87. The molecule has 1 atom stereocenters. The highest BCUT2D eigenvalue weighted by molar-refractivity contribution is 5.81. The number of nitrogens with zero attached hydrogens (tertiary/aromatic N) is 3. The Morgan fingerprint density at radius 2 is 1.86 bits per heavy atom. The first-order valence-corrected chi connectivity index (χ1v) is 11.6. The predicted molar refractivity (Wildman–Crippen MR) is 126 cm³/mol. The summed E-state index contributed by atoms with van der Waals surface area (Å²) < 4.78 is 46.2. The zero-order chi connectivity index (χ0) is 24.6. The highest BCUT2D eigenvalue weighted by atomic mass is 19.1. The lowest BCUT2D eigenvalue weighted by atomic mass is 10.1. The second-order valence-corrected chi connectivity index (χ2v) is 8.31. The molecule has 0 amide bonds. The second-order valence-electron chi connectivity index (χ2n) is 8.31. The fourth-order valence-electron chi connectivity index (χ4n) is 3.87. The number of ether oxygens (including phenoxy) is 2. The number of aromatic nitrogens is 3. The summed E-state index contributed by atoms with van der Waals surface area (Å²) in [5.41, 5.74) is 1.30. The van der Waals surface area contributed by atoms with Gasteiger partial charge in [-0.1, -0.05) is 12.5 Å². The van der Waals surface area contributed by atoms with Crippen LogP contribution in [0.5, 0.6) is 5.75 Å². The van der Waals surface area contributed by atoms with E-state index in [2.05, 4.69) is 10.1 Å². The first-order valence-electron chi connectivity index (χ1n) is 11.6. The predicted octanol–water partition coefficient (Wildman–Crippen LogP) is 5.37. The van der Waals surface area contributed by atoms with Gasteiger partial charge in [0.2, 0.25) is 0 Å². The van der Waals surface area contributed by atoms with Gasteiger partial charge in [-0.15, -0.1) is 0 Å². The summed E-state index contributed by atoms with van der Waals surface area (Å²) >= 11 is 0. The van der Waals surface area contributed by atoms with Gasteiger partial charge in [0.05, 0.1) is 13.2 Å². The highest BCUT2D eigenvalue weighted by Crippen LogP contribution is 2.24. The van der Waals surface area contributed by atoms with E-state index >= 15 is 0 Å². The minimum Gasteiger partial charge on any atom is -0.493 e. The zero-order valence-electron chi connectivity index (χ0n) is 19.5. The molecule has 1 unspecified atom stereocenters. The summed E-state index contributed by atoms with van der Waals surface area (Å²) in [6.45, 7) is 3.12. The van der Waals surface area contributed by atoms with E-state index < -0.39 is 17.7 Å². The van der Waals surface area contributed by atoms with Gasteiger partial charge < -0.3 is 13.9 Å². The standard InChI is InChI=1S/C26H27F2N3O4/c1-18-12-26(32)35-24-14-20(7-9-21(18)24)33-10-4-2-3-5-11-34-25(15-31-17-29-16-30-31)22-8-6-19(27)13-23(22)28/h6-9,12-14,16-17,25H,2-5,10-11,15H2,1H3. The van der Waals surface area contributed by atoms with E-state index in [9.17, 15) is 13.6 Å². The Balaban J connectivity index is 1.20. The fraction of sp³-hybridized carbons (Fsp3) is 0.346. The van der Waals surface area contributed by atoms with Crippen molar-refractivity contribution in [1.29, 1.82) is 0 Å². The Morgan fingerprint density at radius 1 is 1.03 bits per heavy atom. The first kappa shape index (κ1) is 24.5. The quantitative estimate of drug-likeness (QED) is 0.199. The number of aryl methyl sites for hydroxylation is 1. The van der Waals surface area contributed by atoms with Crippen molar-refractivity contribution < 1.29 is 22.7 Å². The monoisotopic (exact) mass is 483 g/mol. The van der Waals surface area contributed by atoms with Crippen LogP contribution in [0.1, 0.15) is 42.9 Å². The lowest BCUT2D eigenvalue weighted by Crippen LogP contribution is -2.15. The molecule has 0 aliphatic heterocycles. The average Bonchev–Trinajstić information content (AvgIpc) is 3.33. The minimum absolute atomic E-state index is 0.280. The second kappa shape index (κ2) is 11.7. The molecule has 0 bridgehead atoms. The third-order valence-electron chi connectivity index (χ3n) is 5.68. The molecule has 0 saturated heterocycles. The molecule has 0 N–H and O–H groups in total. The lowest BCUT2D eigenvalue weighted by Gasteiger charge is -2.19. The molecule has 0 fully saturated rings. The maximum atomic E-state index is 14.3. The van der Waals surface area contributed by atoms with E-state index in [0.717, 1.165) is 42.7 Å². The van der Waals surface area contributed by atoms with Crippen LogP contribution in [0.2, 0.25) is 0 Å². The van der Waals surface area contributed by atoms with Gasteiger partial charge in [-0.25, -0.2) is 18.6 Å². The maximum Gasteiger partial charge on any atom is 0.336 e. The summed E-state index contributed by atoms with van der Waals surface area (Å²) in [4.78, 5) is 15.5. The molecule has 35 heavy (non-hydrogen) atoms. The van der Waals surface area contributed by atoms with Crippen molar-refractivity contribution in [2.75, 3.05) is 13.2 Å². The molecule has 4 rings (SSSR count). The van der Waals surface area contributed by atoms with Gasteiger partial charge in [0.15, 0.2) is 0 Å². The SMILES string of the molecule is Cc1cc(=O)oc2cc(OCCCCCCOC(Cn3cncn3)c3ccc(F)cc3F)ccc12. The van der Waals surface area contributed by atoms with Gasteiger partial charge in [-0.3, -0.25) is 4.68 Å². The molecule has 4 aromatic rings. The third-order valence-corrected chi connectivity index (χ3v) is 5.68. The van der Waals surface area contributed by atoms with Crippen molar-refractivity contribution in [3.63, 3.8) is 0 Å². The molecule has 9 heteroatoms. The van der Waals surface area contributed by atoms with Crippen LogP contribution in [-0.4, -0.2) is 28.0 Å². The van der Waals surface area contributed by atoms with E-state index in [1.165, 1.54) is 30.9 Å². The topological polar surface area (TPSA) is 79.4 Å². The summed E-state index contributed by atoms with van der Waals surface area (Å²) in [7, 11) is 0. The van der Waals surface area contributed by atoms with Crippen molar-refractivity contribution >= 4 is 11.0 Å². The van der Waals surface area contributed by atoms with Crippen LogP contribution in [0.25, 0.3) is 11.0 Å². The Morgan fingerprint density at radius 3 is 2.63 bits per heavy atom. The van der Waals surface area contributed by atoms with Gasteiger partial charge >= 0.3 is 5.63 Å². The van der Waals surface area contributed by atoms with Gasteiger partial charge in [0.1, 0.15) is 41.7 Å². The van der Waals surface area contributed by atoms with Gasteiger partial charge in [0.25, 0.3) is 0 Å². The number of hydrogen-bond donors (Lipinski definition) is 0. The lowest BCUT2D eigenvalue weighted by molar-refractivity contribution is 0.0331. The van der Waals surface area contributed by atoms with Crippen molar-refractivity contribution in [3.8, 4) is 5.75 Å². The summed E-state index contributed by atoms with van der Waals surface area (Å²) in [6, 6.07) is 10.5. The maximum absolute atomic E-state index is 14.3. The minimum atomic E-state index is -0.643. The number of fused-ring (bicyclic) bond motifs is 1. The van der Waals surface area contributed by atoms with E-state index in [1.807, 2.05) is 19.1 Å². The Bertz CT molecular complexity index is 1310. The highest BCUT2D eigenvalue weighted by Gasteiger charge is 2.18. The number of benzene rings is 2. The van der Waals surface area contributed by atoms with Crippen LogP contribution < -0.4 is 10.4 Å². The normalized spacial score (nSPS) is 12.2. The average molecular weight is 484 g/mol. The molecule has 184 valence electrons. The number of unbranched alkanes of at least 4 members (excludes halogenated alkanes) is 3. The number of hydrogen-bond acceptors (Lipinski definition) is 6. The van der Waals surface area contributed by atoms with Crippen molar-refractivity contribution in [3.05, 3.63) is 88.3 Å². The van der Waals surface area contributed by atoms with Crippen LogP contribution in [-0.2, 0) is 11.3 Å². The van der Waals surface area contributed by atoms with E-state index in [1.54, 1.807) is 10.7 Å². The molecular weight excluding hydrogens is 456 g/mol.